The van der Waals surface area contributed by atoms with E-state index >= 15 is 0 Å². The Kier molecular flexibility index (Phi) is 2.37. The maximum absolute atomic E-state index is 5.45. The highest BCUT2D eigenvalue weighted by molar-refractivity contribution is 5.31. The molecule has 0 unspecified atom stereocenters. The topological polar surface area (TPSA) is 76.7 Å². The van der Waals surface area contributed by atoms with Crippen molar-refractivity contribution >= 4 is 5.95 Å². The van der Waals surface area contributed by atoms with Crippen LogP contribution >= 0.6 is 0 Å². The second-order valence-electron chi connectivity index (χ2n) is 6.91. The number of anilines is 1. The van der Waals surface area contributed by atoms with Gasteiger partial charge in [0, 0.05) is 5.41 Å². The minimum absolute atomic E-state index is 0.264. The van der Waals surface area contributed by atoms with Crippen LogP contribution in [0.15, 0.2) is 0 Å². The number of hydrogen-bond acceptors (Lipinski definition) is 5. The van der Waals surface area contributed by atoms with Crippen molar-refractivity contribution in [3.63, 3.8) is 0 Å². The van der Waals surface area contributed by atoms with E-state index in [0.29, 0.717) is 5.95 Å². The summed E-state index contributed by atoms with van der Waals surface area (Å²) >= 11 is 0. The fourth-order valence-electron chi connectivity index (χ4n) is 5.34. The Balaban J connectivity index is 1.79. The van der Waals surface area contributed by atoms with Crippen LogP contribution in [-0.2, 0) is 5.41 Å². The molecule has 4 bridgehead atoms. The summed E-state index contributed by atoms with van der Waals surface area (Å²) in [7, 11) is 0. The van der Waals surface area contributed by atoms with E-state index in [4.69, 9.17) is 5.84 Å². The van der Waals surface area contributed by atoms with E-state index in [1.54, 1.807) is 0 Å². The molecule has 5 nitrogen and oxygen atoms in total. The molecule has 3 N–H and O–H groups in total. The highest BCUT2D eigenvalue weighted by atomic mass is 15.3. The van der Waals surface area contributed by atoms with Gasteiger partial charge in [-0.2, -0.15) is 5.10 Å². The van der Waals surface area contributed by atoms with Crippen LogP contribution in [0.2, 0.25) is 0 Å². The summed E-state index contributed by atoms with van der Waals surface area (Å²) in [6.07, 6.45) is 8.21. The molecule has 4 aliphatic rings. The summed E-state index contributed by atoms with van der Waals surface area (Å²) in [6, 6.07) is 0. The van der Waals surface area contributed by atoms with Gasteiger partial charge in [0.05, 0.1) is 11.4 Å². The predicted molar refractivity (Wildman–Crippen MR) is 72.2 cm³/mol. The van der Waals surface area contributed by atoms with Gasteiger partial charge in [0.15, 0.2) is 0 Å². The number of nitrogens with one attached hydrogen (secondary N) is 1. The lowest BCUT2D eigenvalue weighted by Gasteiger charge is -2.56. The normalized spacial score (nSPS) is 39.6. The highest BCUT2D eigenvalue weighted by Crippen LogP contribution is 2.60. The molecule has 5 rings (SSSR count). The zero-order chi connectivity index (χ0) is 13.0. The van der Waals surface area contributed by atoms with E-state index in [2.05, 4.69) is 20.6 Å². The van der Waals surface area contributed by atoms with E-state index in [9.17, 15) is 0 Å². The number of nitrogen functional groups attached to an aromatic ring is 1. The van der Waals surface area contributed by atoms with Crippen LogP contribution < -0.4 is 11.3 Å². The molecule has 5 heteroatoms. The van der Waals surface area contributed by atoms with Crippen molar-refractivity contribution in [1.29, 1.82) is 0 Å². The Morgan fingerprint density at radius 1 is 1.05 bits per heavy atom. The molecular formula is C14H21N5. The van der Waals surface area contributed by atoms with Gasteiger partial charge >= 0.3 is 0 Å². The molecule has 19 heavy (non-hydrogen) atoms. The van der Waals surface area contributed by atoms with Crippen molar-refractivity contribution in [1.82, 2.24) is 15.2 Å². The number of rotatable bonds is 2. The van der Waals surface area contributed by atoms with E-state index in [0.717, 1.165) is 29.1 Å². The molecule has 0 atom stereocenters. The maximum atomic E-state index is 5.45. The van der Waals surface area contributed by atoms with Crippen LogP contribution in [0.25, 0.3) is 0 Å². The minimum Gasteiger partial charge on any atom is -0.291 e. The number of hydrazine groups is 1. The van der Waals surface area contributed by atoms with Gasteiger partial charge in [-0.1, -0.05) is 0 Å². The van der Waals surface area contributed by atoms with Crippen molar-refractivity contribution in [2.75, 3.05) is 5.43 Å². The van der Waals surface area contributed by atoms with Crippen molar-refractivity contribution in [2.24, 2.45) is 23.6 Å². The Labute approximate surface area is 113 Å². The zero-order valence-electron chi connectivity index (χ0n) is 11.4. The molecule has 4 fully saturated rings. The predicted octanol–water partition coefficient (Wildman–Crippen LogP) is 1.93. The molecular weight excluding hydrogens is 238 g/mol. The summed E-state index contributed by atoms with van der Waals surface area (Å²) in [6.45, 7) is 2.04. The maximum Gasteiger partial charge on any atom is 0.257 e. The molecule has 0 aromatic carbocycles. The van der Waals surface area contributed by atoms with Crippen LogP contribution in [0, 0.1) is 24.7 Å². The first-order valence-corrected chi connectivity index (χ1v) is 7.37. The van der Waals surface area contributed by atoms with E-state index < -0.39 is 0 Å². The smallest absolute Gasteiger partial charge is 0.257 e. The molecule has 0 spiro atoms. The van der Waals surface area contributed by atoms with E-state index in [1.807, 2.05) is 6.92 Å². The third-order valence-electron chi connectivity index (χ3n) is 5.52. The number of nitrogens with two attached hydrogens (primary N) is 1. The van der Waals surface area contributed by atoms with Crippen LogP contribution in [0.3, 0.4) is 0 Å². The SMILES string of the molecule is Cc1nnc(NN)nc1C12CC3CC(CC(C3)C1)C2. The monoisotopic (exact) mass is 259 g/mol. The average molecular weight is 259 g/mol. The van der Waals surface area contributed by atoms with Crippen LogP contribution in [0.4, 0.5) is 5.95 Å². The number of hydrogen-bond donors (Lipinski definition) is 2. The van der Waals surface area contributed by atoms with Gasteiger partial charge in [0.1, 0.15) is 0 Å². The first-order valence-electron chi connectivity index (χ1n) is 7.37. The standard InChI is InChI=1S/C14H21N5/c1-8-12(16-13(17-15)19-18-8)14-5-9-2-10(6-14)4-11(3-9)7-14/h9-11H,2-7,15H2,1H3,(H,16,17,19). The largest absolute Gasteiger partial charge is 0.291 e. The molecule has 0 aliphatic heterocycles. The second kappa shape index (κ2) is 3.88. The van der Waals surface area contributed by atoms with Gasteiger partial charge < -0.3 is 0 Å². The third kappa shape index (κ3) is 1.67. The lowest BCUT2D eigenvalue weighted by atomic mass is 9.48. The number of aromatic nitrogens is 3. The van der Waals surface area contributed by atoms with Gasteiger partial charge in [-0.15, -0.1) is 5.10 Å². The van der Waals surface area contributed by atoms with Crippen LogP contribution in [0.5, 0.6) is 0 Å². The average Bonchev–Trinajstić information content (AvgIpc) is 2.37. The summed E-state index contributed by atoms with van der Waals surface area (Å²) in [4.78, 5) is 4.67. The molecule has 0 radical (unpaired) electrons. The molecule has 4 saturated carbocycles. The van der Waals surface area contributed by atoms with Crippen LogP contribution in [0.1, 0.15) is 49.9 Å². The molecule has 4 aliphatic carbocycles. The lowest BCUT2D eigenvalue weighted by Crippen LogP contribution is -2.49. The van der Waals surface area contributed by atoms with Crippen molar-refractivity contribution in [3.8, 4) is 0 Å². The molecule has 0 amide bonds. The molecule has 1 heterocycles. The summed E-state index contributed by atoms with van der Waals surface area (Å²) in [5.74, 6) is 8.64. The molecule has 102 valence electrons. The van der Waals surface area contributed by atoms with Crippen LogP contribution in [-0.4, -0.2) is 15.2 Å². The fourth-order valence-corrected chi connectivity index (χ4v) is 5.34. The fraction of sp³-hybridized carbons (Fsp3) is 0.786. The third-order valence-corrected chi connectivity index (χ3v) is 5.52. The summed E-state index contributed by atoms with van der Waals surface area (Å²) in [5.41, 5.74) is 4.95. The minimum atomic E-state index is 0.264. The van der Waals surface area contributed by atoms with Gasteiger partial charge in [-0.25, -0.2) is 10.8 Å². The van der Waals surface area contributed by atoms with Gasteiger partial charge in [0.25, 0.3) is 5.95 Å². The number of aryl methyl sites for hydroxylation is 1. The molecule has 1 aromatic rings. The van der Waals surface area contributed by atoms with E-state index in [1.165, 1.54) is 38.5 Å². The summed E-state index contributed by atoms with van der Waals surface area (Å²) in [5, 5.41) is 8.24. The molecule has 1 aromatic heterocycles. The second-order valence-corrected chi connectivity index (χ2v) is 6.91. The number of nitrogens with zero attached hydrogens (tertiary/aromatic N) is 3. The van der Waals surface area contributed by atoms with Crippen molar-refractivity contribution < 1.29 is 0 Å². The van der Waals surface area contributed by atoms with Crippen molar-refractivity contribution in [3.05, 3.63) is 11.4 Å². The van der Waals surface area contributed by atoms with Gasteiger partial charge in [0.2, 0.25) is 0 Å². The molecule has 0 saturated heterocycles. The Bertz CT molecular complexity index is 477. The lowest BCUT2D eigenvalue weighted by molar-refractivity contribution is -0.00775. The summed E-state index contributed by atoms with van der Waals surface area (Å²) < 4.78 is 0. The quantitative estimate of drug-likeness (QED) is 0.627. The highest BCUT2D eigenvalue weighted by Gasteiger charge is 2.53. The van der Waals surface area contributed by atoms with E-state index in [-0.39, 0.29) is 5.41 Å². The van der Waals surface area contributed by atoms with Gasteiger partial charge in [-0.05, 0) is 63.2 Å². The Morgan fingerprint density at radius 2 is 1.63 bits per heavy atom. The first-order chi connectivity index (χ1) is 9.18. The van der Waals surface area contributed by atoms with Gasteiger partial charge in [-0.3, -0.25) is 5.43 Å². The Morgan fingerprint density at radius 3 is 2.16 bits per heavy atom. The Hall–Kier alpha value is -1.23. The van der Waals surface area contributed by atoms with Crippen molar-refractivity contribution in [2.45, 2.75) is 50.9 Å². The first kappa shape index (κ1) is 11.6. The zero-order valence-corrected chi connectivity index (χ0v) is 11.4.